The first-order valence-electron chi connectivity index (χ1n) is 10.4. The van der Waals surface area contributed by atoms with E-state index < -0.39 is 0 Å². The molecule has 0 spiro atoms. The van der Waals surface area contributed by atoms with Crippen molar-refractivity contribution in [2.45, 2.75) is 13.5 Å². The maximum absolute atomic E-state index is 13.1. The second-order valence-corrected chi connectivity index (χ2v) is 8.67. The quantitative estimate of drug-likeness (QED) is 0.271. The third-order valence-corrected chi connectivity index (χ3v) is 5.98. The molecule has 2 heterocycles. The van der Waals surface area contributed by atoms with Crippen LogP contribution in [0, 0.1) is 12.7 Å². The number of hydrogen-bond donors (Lipinski definition) is 2. The number of aromatic nitrogens is 2. The number of nitrogens with zero attached hydrogens (tertiary/aromatic N) is 2. The zero-order valence-corrected chi connectivity index (χ0v) is 19.3. The summed E-state index contributed by atoms with van der Waals surface area (Å²) >= 11 is 11.7. The highest BCUT2D eigenvalue weighted by Crippen LogP contribution is 2.33. The molecule has 5 rings (SSSR count). The van der Waals surface area contributed by atoms with E-state index in [0.717, 1.165) is 49.5 Å². The summed E-state index contributed by atoms with van der Waals surface area (Å²) in [7, 11) is 0. The first-order chi connectivity index (χ1) is 16.0. The van der Waals surface area contributed by atoms with Crippen LogP contribution in [0.15, 0.2) is 79.0 Å². The summed E-state index contributed by atoms with van der Waals surface area (Å²) in [6.45, 7) is 2.71. The zero-order valence-electron chi connectivity index (χ0n) is 17.8. The number of anilines is 2. The van der Waals surface area contributed by atoms with Crippen molar-refractivity contribution in [2.75, 3.05) is 10.6 Å². The number of nitrogens with one attached hydrogen (secondary N) is 2. The molecular formula is C26H20ClFN4S. The van der Waals surface area contributed by atoms with Crippen molar-refractivity contribution in [3.63, 3.8) is 0 Å². The van der Waals surface area contributed by atoms with E-state index in [2.05, 4.69) is 38.4 Å². The number of aryl methyl sites for hydroxylation is 1. The number of fused-ring (bicyclic) bond motifs is 3. The lowest BCUT2D eigenvalue weighted by atomic mass is 10.1. The molecule has 7 heteroatoms. The summed E-state index contributed by atoms with van der Waals surface area (Å²) < 4.78 is 15.4. The van der Waals surface area contributed by atoms with E-state index in [-0.39, 0.29) is 5.82 Å². The maximum Gasteiger partial charge on any atom is 0.175 e. The number of rotatable bonds is 4. The third kappa shape index (κ3) is 4.40. The van der Waals surface area contributed by atoms with Crippen LogP contribution in [0.3, 0.4) is 0 Å². The smallest absolute Gasteiger partial charge is 0.175 e. The van der Waals surface area contributed by atoms with E-state index in [1.165, 1.54) is 12.1 Å². The van der Waals surface area contributed by atoms with Crippen LogP contribution in [-0.4, -0.2) is 14.7 Å². The minimum Gasteiger partial charge on any atom is -0.334 e. The molecule has 2 N–H and O–H groups in total. The number of benzene rings is 3. The highest BCUT2D eigenvalue weighted by molar-refractivity contribution is 7.80. The fraction of sp³-hybridized carbons (Fsp3) is 0.0769. The monoisotopic (exact) mass is 474 g/mol. The van der Waals surface area contributed by atoms with Crippen molar-refractivity contribution >= 4 is 62.1 Å². The van der Waals surface area contributed by atoms with Crippen LogP contribution in [0.25, 0.3) is 21.8 Å². The van der Waals surface area contributed by atoms with Gasteiger partial charge in [-0.15, -0.1) is 0 Å². The van der Waals surface area contributed by atoms with Crippen LogP contribution in [0.2, 0.25) is 5.02 Å². The maximum atomic E-state index is 13.1. The molecule has 0 aliphatic rings. The van der Waals surface area contributed by atoms with Gasteiger partial charge in [-0.2, -0.15) is 0 Å². The predicted molar refractivity (Wildman–Crippen MR) is 139 cm³/mol. The van der Waals surface area contributed by atoms with Crippen LogP contribution in [-0.2, 0) is 6.54 Å². The Morgan fingerprint density at radius 3 is 2.52 bits per heavy atom. The Labute approximate surface area is 201 Å². The Hall–Kier alpha value is -3.48. The second-order valence-electron chi connectivity index (χ2n) is 7.83. The van der Waals surface area contributed by atoms with Crippen LogP contribution < -0.4 is 10.6 Å². The van der Waals surface area contributed by atoms with Gasteiger partial charge in [0.25, 0.3) is 0 Å². The Bertz CT molecular complexity index is 1490. The molecule has 0 aliphatic heterocycles. The zero-order chi connectivity index (χ0) is 22.9. The molecule has 0 aliphatic carbocycles. The van der Waals surface area contributed by atoms with Crippen LogP contribution in [0.4, 0.5) is 15.8 Å². The molecule has 4 nitrogen and oxygen atoms in total. The van der Waals surface area contributed by atoms with Gasteiger partial charge in [-0.25, -0.2) is 4.39 Å². The average Bonchev–Trinajstić information content (AvgIpc) is 3.09. The average molecular weight is 475 g/mol. The lowest BCUT2D eigenvalue weighted by Crippen LogP contribution is -2.18. The Balaban J connectivity index is 1.51. The molecule has 0 bridgehead atoms. The summed E-state index contributed by atoms with van der Waals surface area (Å²) in [4.78, 5) is 4.53. The van der Waals surface area contributed by atoms with E-state index in [9.17, 15) is 4.39 Å². The summed E-state index contributed by atoms with van der Waals surface area (Å²) in [6, 6.07) is 22.2. The molecule has 164 valence electrons. The largest absolute Gasteiger partial charge is 0.334 e. The normalized spacial score (nSPS) is 11.1. The lowest BCUT2D eigenvalue weighted by Gasteiger charge is -2.12. The van der Waals surface area contributed by atoms with Gasteiger partial charge >= 0.3 is 0 Å². The molecular weight excluding hydrogens is 455 g/mol. The van der Waals surface area contributed by atoms with Crippen molar-refractivity contribution in [3.05, 3.63) is 101 Å². The Kier molecular flexibility index (Phi) is 5.70. The predicted octanol–water partition coefficient (Wildman–Crippen LogP) is 7.15. The second kappa shape index (κ2) is 8.81. The van der Waals surface area contributed by atoms with Crippen molar-refractivity contribution < 1.29 is 4.39 Å². The molecule has 0 fully saturated rings. The molecule has 0 atom stereocenters. The summed E-state index contributed by atoms with van der Waals surface area (Å²) in [5.41, 5.74) is 5.86. The first kappa shape index (κ1) is 21.4. The fourth-order valence-corrected chi connectivity index (χ4v) is 4.56. The van der Waals surface area contributed by atoms with Gasteiger partial charge in [-0.1, -0.05) is 23.7 Å². The molecule has 0 unspecified atom stereocenters. The topological polar surface area (TPSA) is 41.9 Å². The van der Waals surface area contributed by atoms with Gasteiger partial charge in [0, 0.05) is 45.4 Å². The van der Waals surface area contributed by atoms with Crippen molar-refractivity contribution in [2.24, 2.45) is 0 Å². The molecule has 33 heavy (non-hydrogen) atoms. The van der Waals surface area contributed by atoms with E-state index in [0.29, 0.717) is 11.7 Å². The molecule has 2 aromatic heterocycles. The van der Waals surface area contributed by atoms with Gasteiger partial charge in [0.2, 0.25) is 0 Å². The summed E-state index contributed by atoms with van der Waals surface area (Å²) in [5, 5.41) is 9.69. The summed E-state index contributed by atoms with van der Waals surface area (Å²) in [5.74, 6) is -0.288. The number of thiocarbonyl (C=S) groups is 1. The van der Waals surface area contributed by atoms with E-state index in [4.69, 9.17) is 23.8 Å². The van der Waals surface area contributed by atoms with Gasteiger partial charge in [0.1, 0.15) is 5.82 Å². The first-order valence-corrected chi connectivity index (χ1v) is 11.2. The third-order valence-electron chi connectivity index (χ3n) is 5.54. The Morgan fingerprint density at radius 1 is 0.970 bits per heavy atom. The van der Waals surface area contributed by atoms with Crippen LogP contribution >= 0.6 is 23.8 Å². The minimum atomic E-state index is -0.288. The van der Waals surface area contributed by atoms with E-state index >= 15 is 0 Å². The van der Waals surface area contributed by atoms with Gasteiger partial charge in [-0.3, -0.25) is 4.98 Å². The fourth-order valence-electron chi connectivity index (χ4n) is 4.11. The Morgan fingerprint density at radius 2 is 1.73 bits per heavy atom. The molecule has 3 aromatic carbocycles. The molecule has 0 radical (unpaired) electrons. The number of halogens is 2. The van der Waals surface area contributed by atoms with Crippen LogP contribution in [0.5, 0.6) is 0 Å². The molecule has 0 saturated carbocycles. The minimum absolute atomic E-state index is 0.288. The highest BCUT2D eigenvalue weighted by atomic mass is 35.5. The molecule has 0 amide bonds. The van der Waals surface area contributed by atoms with Gasteiger partial charge in [0.05, 0.1) is 11.2 Å². The van der Waals surface area contributed by atoms with Crippen molar-refractivity contribution in [1.82, 2.24) is 9.55 Å². The van der Waals surface area contributed by atoms with Crippen molar-refractivity contribution in [1.29, 1.82) is 0 Å². The standard InChI is InChI=1S/C26H20ClFN4S/c1-16-25-22(11-12-29-16)23-14-21(31-26(33)30-20-7-5-19(28)6-8-20)9-10-24(23)32(25)15-17-3-2-4-18(27)13-17/h2-14H,15H2,1H3,(H2,30,31,33). The SMILES string of the molecule is Cc1nccc2c3cc(NC(=S)Nc4ccc(F)cc4)ccc3n(Cc3cccc(Cl)c3)c12. The number of hydrogen-bond acceptors (Lipinski definition) is 2. The highest BCUT2D eigenvalue weighted by Gasteiger charge is 2.14. The molecule has 5 aromatic rings. The van der Waals surface area contributed by atoms with Gasteiger partial charge in [-0.05, 0) is 85.4 Å². The van der Waals surface area contributed by atoms with Gasteiger partial charge < -0.3 is 15.2 Å². The van der Waals surface area contributed by atoms with Crippen molar-refractivity contribution in [3.8, 4) is 0 Å². The number of pyridine rings is 1. The van der Waals surface area contributed by atoms with Crippen LogP contribution in [0.1, 0.15) is 11.3 Å². The lowest BCUT2D eigenvalue weighted by molar-refractivity contribution is 0.628. The van der Waals surface area contributed by atoms with E-state index in [1.807, 2.05) is 43.5 Å². The van der Waals surface area contributed by atoms with Gasteiger partial charge in [0.15, 0.2) is 5.11 Å². The molecule has 0 saturated heterocycles. The van der Waals surface area contributed by atoms with E-state index in [1.54, 1.807) is 12.1 Å². The summed E-state index contributed by atoms with van der Waals surface area (Å²) in [6.07, 6.45) is 1.83.